The first-order chi connectivity index (χ1) is 14.3. The van der Waals surface area contributed by atoms with Crippen molar-refractivity contribution in [2.75, 3.05) is 9.62 Å². The summed E-state index contributed by atoms with van der Waals surface area (Å²) in [5.74, 6) is -0.460. The number of carbonyl (C=O) groups excluding carboxylic acids is 2. The fourth-order valence-corrected chi connectivity index (χ4v) is 6.15. The van der Waals surface area contributed by atoms with Gasteiger partial charge in [0.05, 0.1) is 10.9 Å². The molecule has 0 spiro atoms. The molecular formula is C21H18N2O4S3. The molecular weight excluding hydrogens is 440 g/mol. The molecule has 1 unspecified atom stereocenters. The average Bonchev–Trinajstić information content (AvgIpc) is 3.34. The van der Waals surface area contributed by atoms with Gasteiger partial charge in [-0.3, -0.25) is 14.3 Å². The maximum absolute atomic E-state index is 12.8. The zero-order valence-electron chi connectivity index (χ0n) is 15.9. The van der Waals surface area contributed by atoms with E-state index in [1.54, 1.807) is 53.9 Å². The number of hydrogen-bond acceptors (Lipinski definition) is 6. The highest BCUT2D eigenvalue weighted by molar-refractivity contribution is 8.00. The molecule has 0 bridgehead atoms. The number of imide groups is 1. The van der Waals surface area contributed by atoms with E-state index in [0.717, 1.165) is 21.8 Å². The van der Waals surface area contributed by atoms with Crippen LogP contribution in [0.2, 0.25) is 0 Å². The van der Waals surface area contributed by atoms with Crippen molar-refractivity contribution in [3.8, 4) is 0 Å². The first-order valence-electron chi connectivity index (χ1n) is 9.10. The zero-order chi connectivity index (χ0) is 21.3. The molecule has 6 nitrogen and oxygen atoms in total. The summed E-state index contributed by atoms with van der Waals surface area (Å²) in [6, 6.07) is 17.3. The zero-order valence-corrected chi connectivity index (χ0v) is 18.4. The van der Waals surface area contributed by atoms with Gasteiger partial charge in [0.1, 0.15) is 4.21 Å². The second kappa shape index (κ2) is 8.25. The summed E-state index contributed by atoms with van der Waals surface area (Å²) in [6.07, 6.45) is 0.129. The van der Waals surface area contributed by atoms with E-state index in [1.807, 2.05) is 19.1 Å². The van der Waals surface area contributed by atoms with Gasteiger partial charge in [0.15, 0.2) is 0 Å². The number of sulfonamides is 1. The number of benzene rings is 2. The monoisotopic (exact) mass is 458 g/mol. The smallest absolute Gasteiger partial charge is 0.271 e. The van der Waals surface area contributed by atoms with Gasteiger partial charge in [-0.15, -0.1) is 23.1 Å². The molecule has 2 aromatic carbocycles. The van der Waals surface area contributed by atoms with Gasteiger partial charge in [-0.2, -0.15) is 0 Å². The molecule has 0 radical (unpaired) electrons. The van der Waals surface area contributed by atoms with Crippen molar-refractivity contribution in [2.24, 2.45) is 0 Å². The summed E-state index contributed by atoms with van der Waals surface area (Å²) in [4.78, 5) is 27.2. The Bertz CT molecular complexity index is 1170. The Balaban J connectivity index is 1.44. The number of anilines is 2. The Kier molecular flexibility index (Phi) is 5.68. The summed E-state index contributed by atoms with van der Waals surface area (Å²) in [5.41, 5.74) is 2.07. The summed E-state index contributed by atoms with van der Waals surface area (Å²) in [5, 5.41) is 1.20. The van der Waals surface area contributed by atoms with Crippen LogP contribution in [0.15, 0.2) is 75.1 Å². The van der Waals surface area contributed by atoms with Crippen molar-refractivity contribution in [1.82, 2.24) is 0 Å². The maximum Gasteiger partial charge on any atom is 0.271 e. The fourth-order valence-electron chi connectivity index (χ4n) is 3.05. The second-order valence-electron chi connectivity index (χ2n) is 6.78. The van der Waals surface area contributed by atoms with Crippen LogP contribution in [0, 0.1) is 6.92 Å². The number of hydrogen-bond donors (Lipinski definition) is 1. The predicted octanol–water partition coefficient (Wildman–Crippen LogP) is 4.28. The van der Waals surface area contributed by atoms with E-state index in [9.17, 15) is 18.0 Å². The summed E-state index contributed by atoms with van der Waals surface area (Å²) in [6.45, 7) is 1.94. The van der Waals surface area contributed by atoms with Gasteiger partial charge in [-0.25, -0.2) is 13.3 Å². The van der Waals surface area contributed by atoms with Crippen LogP contribution in [0.4, 0.5) is 11.4 Å². The molecule has 1 N–H and O–H groups in total. The quantitative estimate of drug-likeness (QED) is 0.558. The minimum atomic E-state index is -3.61. The first-order valence-corrected chi connectivity index (χ1v) is 12.3. The van der Waals surface area contributed by atoms with Crippen LogP contribution < -0.4 is 9.62 Å². The van der Waals surface area contributed by atoms with E-state index in [0.29, 0.717) is 11.4 Å². The van der Waals surface area contributed by atoms with E-state index in [2.05, 4.69) is 4.72 Å². The van der Waals surface area contributed by atoms with E-state index in [4.69, 9.17) is 0 Å². The maximum atomic E-state index is 12.8. The van der Waals surface area contributed by atoms with Crippen LogP contribution in [-0.2, 0) is 19.6 Å². The van der Waals surface area contributed by atoms with Gasteiger partial charge in [0.25, 0.3) is 10.0 Å². The van der Waals surface area contributed by atoms with E-state index >= 15 is 0 Å². The molecule has 3 aromatic rings. The number of rotatable bonds is 6. The van der Waals surface area contributed by atoms with Crippen molar-refractivity contribution in [3.63, 3.8) is 0 Å². The normalized spacial score (nSPS) is 16.8. The van der Waals surface area contributed by atoms with Crippen LogP contribution in [0.25, 0.3) is 0 Å². The SMILES string of the molecule is Cc1ccc(N2C(=O)CC(Sc3ccc(NS(=O)(=O)c4cccs4)cc3)C2=O)cc1. The molecule has 9 heteroatoms. The van der Waals surface area contributed by atoms with Crippen molar-refractivity contribution >= 4 is 56.3 Å². The second-order valence-corrected chi connectivity index (χ2v) is 10.9. The van der Waals surface area contributed by atoms with E-state index < -0.39 is 15.3 Å². The number of thioether (sulfide) groups is 1. The molecule has 1 saturated heterocycles. The molecule has 1 aliphatic heterocycles. The van der Waals surface area contributed by atoms with Crippen LogP contribution in [0.3, 0.4) is 0 Å². The Morgan fingerprint density at radius 3 is 2.37 bits per heavy atom. The number of nitrogens with one attached hydrogen (secondary N) is 1. The third-order valence-electron chi connectivity index (χ3n) is 4.54. The highest BCUT2D eigenvalue weighted by Crippen LogP contribution is 2.34. The van der Waals surface area contributed by atoms with Crippen LogP contribution in [-0.4, -0.2) is 25.5 Å². The Morgan fingerprint density at radius 2 is 1.73 bits per heavy atom. The molecule has 30 heavy (non-hydrogen) atoms. The van der Waals surface area contributed by atoms with Crippen LogP contribution in [0.1, 0.15) is 12.0 Å². The van der Waals surface area contributed by atoms with Crippen molar-refractivity contribution < 1.29 is 18.0 Å². The van der Waals surface area contributed by atoms with Crippen LogP contribution in [0.5, 0.6) is 0 Å². The molecule has 4 rings (SSSR count). The van der Waals surface area contributed by atoms with Gasteiger partial charge in [-0.1, -0.05) is 23.8 Å². The van der Waals surface area contributed by atoms with Crippen LogP contribution >= 0.6 is 23.1 Å². The number of carbonyl (C=O) groups is 2. The van der Waals surface area contributed by atoms with Gasteiger partial charge in [0.2, 0.25) is 11.8 Å². The Labute approximate surface area is 183 Å². The van der Waals surface area contributed by atoms with E-state index in [-0.39, 0.29) is 22.4 Å². The lowest BCUT2D eigenvalue weighted by Gasteiger charge is -2.15. The lowest BCUT2D eigenvalue weighted by Crippen LogP contribution is -2.31. The molecule has 1 fully saturated rings. The Morgan fingerprint density at radius 1 is 1.03 bits per heavy atom. The minimum Gasteiger partial charge on any atom is -0.279 e. The highest BCUT2D eigenvalue weighted by Gasteiger charge is 2.40. The topological polar surface area (TPSA) is 83.6 Å². The number of thiophene rings is 1. The van der Waals surface area contributed by atoms with Crippen molar-refractivity contribution in [1.29, 1.82) is 0 Å². The molecule has 0 aliphatic carbocycles. The molecule has 1 atom stereocenters. The van der Waals surface area contributed by atoms with Gasteiger partial charge in [0, 0.05) is 17.0 Å². The fraction of sp³-hybridized carbons (Fsp3) is 0.143. The van der Waals surface area contributed by atoms with Gasteiger partial charge >= 0.3 is 0 Å². The van der Waals surface area contributed by atoms with Gasteiger partial charge in [-0.05, 0) is 54.8 Å². The summed E-state index contributed by atoms with van der Waals surface area (Å²) < 4.78 is 27.4. The number of aryl methyl sites for hydroxylation is 1. The third kappa shape index (κ3) is 4.28. The van der Waals surface area contributed by atoms with Crippen molar-refractivity contribution in [2.45, 2.75) is 27.7 Å². The average molecular weight is 459 g/mol. The molecule has 2 heterocycles. The lowest BCUT2D eigenvalue weighted by molar-refractivity contribution is -0.121. The molecule has 0 saturated carbocycles. The third-order valence-corrected chi connectivity index (χ3v) is 8.52. The number of nitrogens with zero attached hydrogens (tertiary/aromatic N) is 1. The van der Waals surface area contributed by atoms with Crippen molar-refractivity contribution in [3.05, 3.63) is 71.6 Å². The number of amides is 2. The first kappa shape index (κ1) is 20.6. The lowest BCUT2D eigenvalue weighted by atomic mass is 10.2. The summed E-state index contributed by atoms with van der Waals surface area (Å²) >= 11 is 2.45. The minimum absolute atomic E-state index is 0.129. The molecule has 1 aromatic heterocycles. The standard InChI is InChI=1S/C21H18N2O4S3/c1-14-4-8-16(9-5-14)23-19(24)13-18(21(23)25)29-17-10-6-15(7-11-17)22-30(26,27)20-3-2-12-28-20/h2-12,18,22H,13H2,1H3. The molecule has 154 valence electrons. The Hall–Kier alpha value is -2.62. The molecule has 1 aliphatic rings. The molecule has 2 amide bonds. The predicted molar refractivity (Wildman–Crippen MR) is 120 cm³/mol. The van der Waals surface area contributed by atoms with Gasteiger partial charge < -0.3 is 0 Å². The highest BCUT2D eigenvalue weighted by atomic mass is 32.2. The van der Waals surface area contributed by atoms with E-state index in [1.165, 1.54) is 16.7 Å². The summed E-state index contributed by atoms with van der Waals surface area (Å²) in [7, 11) is -3.61. The largest absolute Gasteiger partial charge is 0.279 e.